The summed E-state index contributed by atoms with van der Waals surface area (Å²) in [6.45, 7) is 2.69. The highest BCUT2D eigenvalue weighted by Crippen LogP contribution is 2.26. The number of nitrogens with zero attached hydrogens (tertiary/aromatic N) is 1. The van der Waals surface area contributed by atoms with Crippen LogP contribution in [0.2, 0.25) is 0 Å². The highest BCUT2D eigenvalue weighted by atomic mass is 32.2. The van der Waals surface area contributed by atoms with Gasteiger partial charge in [0.15, 0.2) is 6.61 Å². The van der Waals surface area contributed by atoms with Crippen molar-refractivity contribution in [3.05, 3.63) is 35.4 Å². The number of carbonyl (C=O) groups excluding carboxylic acids is 3. The van der Waals surface area contributed by atoms with Crippen LogP contribution in [-0.4, -0.2) is 47.7 Å². The number of hydrogen-bond acceptors (Lipinski definition) is 7. The number of thioether (sulfide) groups is 2. The van der Waals surface area contributed by atoms with Crippen LogP contribution >= 0.6 is 23.5 Å². The van der Waals surface area contributed by atoms with Gasteiger partial charge < -0.3 is 10.1 Å². The number of hydrogen-bond donors (Lipinski definition) is 2. The fraction of sp³-hybridized carbons (Fsp3) is 0.412. The molecule has 3 amide bonds. The molecule has 7 nitrogen and oxygen atoms in total. The molecule has 0 radical (unpaired) electrons. The van der Waals surface area contributed by atoms with E-state index in [4.69, 9.17) is 4.74 Å². The highest BCUT2D eigenvalue weighted by Gasteiger charge is 2.16. The lowest BCUT2D eigenvalue weighted by molar-refractivity contribution is -0.123. The molecule has 2 rings (SSSR count). The average molecular weight is 396 g/mol. The van der Waals surface area contributed by atoms with Crippen LogP contribution in [0.15, 0.2) is 29.3 Å². The number of nitrogens with one attached hydrogen (secondary N) is 2. The van der Waals surface area contributed by atoms with Crippen molar-refractivity contribution in [1.82, 2.24) is 10.6 Å². The molecule has 0 spiro atoms. The highest BCUT2D eigenvalue weighted by molar-refractivity contribution is 8.38. The van der Waals surface area contributed by atoms with Crippen LogP contribution in [0.1, 0.15) is 29.3 Å². The molecule has 9 heteroatoms. The van der Waals surface area contributed by atoms with E-state index in [1.54, 1.807) is 35.7 Å². The molecule has 140 valence electrons. The Labute approximate surface area is 160 Å². The third kappa shape index (κ3) is 6.72. The van der Waals surface area contributed by atoms with Gasteiger partial charge in [-0.15, -0.1) is 0 Å². The number of urea groups is 1. The predicted octanol–water partition coefficient (Wildman–Crippen LogP) is 2.42. The van der Waals surface area contributed by atoms with Gasteiger partial charge in [0.2, 0.25) is 0 Å². The minimum absolute atomic E-state index is 0.409. The summed E-state index contributed by atoms with van der Waals surface area (Å²) < 4.78 is 6.05. The van der Waals surface area contributed by atoms with Crippen LogP contribution in [-0.2, 0) is 15.3 Å². The van der Waals surface area contributed by atoms with Crippen molar-refractivity contribution >= 4 is 45.8 Å². The fourth-order valence-corrected chi connectivity index (χ4v) is 4.06. The first kappa shape index (κ1) is 20.3. The molecule has 0 saturated carbocycles. The summed E-state index contributed by atoms with van der Waals surface area (Å²) in [5.41, 5.74) is 1.23. The Bertz CT molecular complexity index is 694. The van der Waals surface area contributed by atoms with E-state index in [1.807, 2.05) is 19.1 Å². The Morgan fingerprint density at radius 2 is 2.12 bits per heavy atom. The number of ether oxygens (including phenoxy) is 1. The summed E-state index contributed by atoms with van der Waals surface area (Å²) in [6, 6.07) is 6.50. The van der Waals surface area contributed by atoms with E-state index in [0.29, 0.717) is 17.9 Å². The zero-order valence-electron chi connectivity index (χ0n) is 14.4. The molecule has 1 aromatic rings. The molecular formula is C17H21N3O4S2. The number of rotatable bonds is 7. The summed E-state index contributed by atoms with van der Waals surface area (Å²) in [5.74, 6) is 0.331. The number of amides is 3. The second-order valence-electron chi connectivity index (χ2n) is 5.32. The maximum Gasteiger partial charge on any atom is 0.338 e. The van der Waals surface area contributed by atoms with Crippen molar-refractivity contribution in [2.75, 3.05) is 25.4 Å². The summed E-state index contributed by atoms with van der Waals surface area (Å²) >= 11 is 3.29. The van der Waals surface area contributed by atoms with Gasteiger partial charge in [0.1, 0.15) is 4.38 Å². The van der Waals surface area contributed by atoms with Gasteiger partial charge >= 0.3 is 12.0 Å². The molecule has 0 fully saturated rings. The van der Waals surface area contributed by atoms with Crippen LogP contribution in [0.3, 0.4) is 0 Å². The maximum absolute atomic E-state index is 12.3. The van der Waals surface area contributed by atoms with Crippen LogP contribution in [0, 0.1) is 0 Å². The van der Waals surface area contributed by atoms with Gasteiger partial charge in [-0.3, -0.25) is 15.1 Å². The minimum atomic E-state index is -0.671. The number of carbonyl (C=O) groups is 3. The molecule has 26 heavy (non-hydrogen) atoms. The number of esters is 1. The van der Waals surface area contributed by atoms with E-state index in [-0.39, 0.29) is 0 Å². The second-order valence-corrected chi connectivity index (χ2v) is 7.63. The first-order chi connectivity index (χ1) is 12.6. The van der Waals surface area contributed by atoms with Crippen molar-refractivity contribution < 1.29 is 19.1 Å². The average Bonchev–Trinajstić information content (AvgIpc) is 3.16. The maximum atomic E-state index is 12.3. The zero-order chi connectivity index (χ0) is 18.8. The zero-order valence-corrected chi connectivity index (χ0v) is 16.1. The molecule has 1 aromatic carbocycles. The molecule has 2 N–H and O–H groups in total. The Hall–Kier alpha value is -2.00. The van der Waals surface area contributed by atoms with Crippen molar-refractivity contribution in [2.24, 2.45) is 4.99 Å². The van der Waals surface area contributed by atoms with Crippen LogP contribution in [0.5, 0.6) is 0 Å². The first-order valence-electron chi connectivity index (χ1n) is 8.23. The fourth-order valence-electron chi connectivity index (χ4n) is 2.04. The molecule has 0 saturated heterocycles. The Balaban J connectivity index is 1.84. The third-order valence-corrected chi connectivity index (χ3v) is 5.57. The van der Waals surface area contributed by atoms with Gasteiger partial charge in [-0.1, -0.05) is 48.6 Å². The summed E-state index contributed by atoms with van der Waals surface area (Å²) in [4.78, 5) is 39.7. The van der Waals surface area contributed by atoms with E-state index in [2.05, 4.69) is 15.6 Å². The van der Waals surface area contributed by atoms with E-state index in [1.165, 1.54) is 0 Å². The van der Waals surface area contributed by atoms with Crippen molar-refractivity contribution in [3.63, 3.8) is 0 Å². The van der Waals surface area contributed by atoms with E-state index < -0.39 is 24.5 Å². The summed E-state index contributed by atoms with van der Waals surface area (Å²) in [5, 5.41) is 4.62. The Morgan fingerprint density at radius 3 is 2.85 bits per heavy atom. The molecular weight excluding hydrogens is 374 g/mol. The topological polar surface area (TPSA) is 96.9 Å². The minimum Gasteiger partial charge on any atom is -0.452 e. The number of imide groups is 1. The van der Waals surface area contributed by atoms with Crippen molar-refractivity contribution in [3.8, 4) is 0 Å². The molecule has 0 atom stereocenters. The smallest absolute Gasteiger partial charge is 0.338 e. The molecule has 1 heterocycles. The lowest BCUT2D eigenvalue weighted by Gasteiger charge is -2.10. The van der Waals surface area contributed by atoms with E-state index in [9.17, 15) is 14.4 Å². The Morgan fingerprint density at radius 1 is 1.31 bits per heavy atom. The number of aliphatic imine (C=N–C) groups is 1. The van der Waals surface area contributed by atoms with Gasteiger partial charge in [-0.05, 0) is 18.1 Å². The monoisotopic (exact) mass is 395 g/mol. The Kier molecular flexibility index (Phi) is 8.49. The van der Waals surface area contributed by atoms with Crippen LogP contribution in [0.4, 0.5) is 4.79 Å². The van der Waals surface area contributed by atoms with Gasteiger partial charge in [0, 0.05) is 18.1 Å². The van der Waals surface area contributed by atoms with Gasteiger partial charge in [0.05, 0.1) is 12.1 Å². The third-order valence-electron chi connectivity index (χ3n) is 3.27. The van der Waals surface area contributed by atoms with E-state index in [0.717, 1.165) is 28.7 Å². The van der Waals surface area contributed by atoms with Gasteiger partial charge in [0.25, 0.3) is 5.91 Å². The van der Waals surface area contributed by atoms with Crippen molar-refractivity contribution in [1.29, 1.82) is 0 Å². The second kappa shape index (κ2) is 10.9. The van der Waals surface area contributed by atoms with Gasteiger partial charge in [-0.2, -0.15) is 0 Å². The lowest BCUT2D eigenvalue weighted by Crippen LogP contribution is -2.41. The standard InChI is InChI=1S/C17H21N3O4S2/c1-2-7-18-16(23)20-14(21)10-24-15(22)13-6-4-3-5-12(13)11-26-17-19-8-9-25-17/h3-6H,2,7-11H2,1H3,(H2,18,20,21,23). The summed E-state index contributed by atoms with van der Waals surface area (Å²) in [7, 11) is 0. The first-order valence-corrected chi connectivity index (χ1v) is 10.2. The normalized spacial score (nSPS) is 13.0. The lowest BCUT2D eigenvalue weighted by atomic mass is 10.1. The van der Waals surface area contributed by atoms with Gasteiger partial charge in [-0.25, -0.2) is 9.59 Å². The summed E-state index contributed by atoms with van der Waals surface area (Å²) in [6.07, 6.45) is 0.760. The SMILES string of the molecule is CCCNC(=O)NC(=O)COC(=O)c1ccccc1CSC1=NCCS1. The predicted molar refractivity (Wildman–Crippen MR) is 105 cm³/mol. The number of benzene rings is 1. The molecule has 1 aliphatic rings. The molecule has 0 unspecified atom stereocenters. The quantitative estimate of drug-likeness (QED) is 0.688. The van der Waals surface area contributed by atoms with Crippen LogP contribution < -0.4 is 10.6 Å². The van der Waals surface area contributed by atoms with E-state index >= 15 is 0 Å². The van der Waals surface area contributed by atoms with Crippen LogP contribution in [0.25, 0.3) is 0 Å². The van der Waals surface area contributed by atoms with Crippen molar-refractivity contribution in [2.45, 2.75) is 19.1 Å². The largest absolute Gasteiger partial charge is 0.452 e. The molecule has 0 aliphatic carbocycles. The molecule has 1 aliphatic heterocycles. The molecule has 0 aromatic heterocycles. The molecule has 0 bridgehead atoms.